The average Bonchev–Trinajstić information content (AvgIpc) is 3.22. The van der Waals surface area contributed by atoms with Crippen LogP contribution in [0.25, 0.3) is 4.96 Å². The number of thiazole rings is 1. The molecule has 7 heteroatoms. The van der Waals surface area contributed by atoms with Crippen molar-refractivity contribution in [2.75, 3.05) is 13.1 Å². The number of hydrogen-bond acceptors (Lipinski definition) is 4. The van der Waals surface area contributed by atoms with Crippen molar-refractivity contribution in [2.45, 2.75) is 25.8 Å². The first-order chi connectivity index (χ1) is 11.1. The van der Waals surface area contributed by atoms with Crippen molar-refractivity contribution in [1.29, 1.82) is 0 Å². The number of benzene rings is 1. The summed E-state index contributed by atoms with van der Waals surface area (Å²) in [6, 6.07) is 7.94. The summed E-state index contributed by atoms with van der Waals surface area (Å²) in [6.07, 6.45) is 2.41. The van der Waals surface area contributed by atoms with E-state index < -0.39 is 0 Å². The summed E-state index contributed by atoms with van der Waals surface area (Å²) >= 11 is 7.97. The molecule has 1 aliphatic heterocycles. The van der Waals surface area contributed by atoms with Gasteiger partial charge in [0.1, 0.15) is 10.7 Å². The second-order valence-corrected chi connectivity index (χ2v) is 7.38. The maximum atomic E-state index is 10.7. The lowest BCUT2D eigenvalue weighted by atomic mass is 10.0. The number of aryl methyl sites for hydroxylation is 1. The Bertz CT molecular complexity index is 853. The average molecular weight is 350 g/mol. The summed E-state index contributed by atoms with van der Waals surface area (Å²) in [4.78, 5) is 7.45. The lowest BCUT2D eigenvalue weighted by molar-refractivity contribution is -0.913. The van der Waals surface area contributed by atoms with E-state index in [-0.39, 0.29) is 11.9 Å². The van der Waals surface area contributed by atoms with E-state index in [1.807, 2.05) is 25.1 Å². The molecule has 0 saturated carbocycles. The van der Waals surface area contributed by atoms with E-state index in [0.717, 1.165) is 33.5 Å². The molecular weight excluding hydrogens is 332 g/mol. The van der Waals surface area contributed by atoms with E-state index in [4.69, 9.17) is 11.6 Å². The van der Waals surface area contributed by atoms with Gasteiger partial charge in [-0.25, -0.2) is 4.98 Å². The SMILES string of the molecule is Cc1nc2sc([C@H](c3ccccc3Cl)[NH+]3CCCC3)c(O)n2n1. The van der Waals surface area contributed by atoms with Gasteiger partial charge in [-0.15, -0.1) is 5.10 Å². The van der Waals surface area contributed by atoms with E-state index in [1.165, 1.54) is 33.6 Å². The smallest absolute Gasteiger partial charge is 0.235 e. The minimum Gasteiger partial charge on any atom is -0.492 e. The quantitative estimate of drug-likeness (QED) is 0.762. The molecule has 1 atom stereocenters. The minimum absolute atomic E-state index is 0.0278. The number of hydrogen-bond donors (Lipinski definition) is 2. The highest BCUT2D eigenvalue weighted by molar-refractivity contribution is 7.17. The second-order valence-electron chi connectivity index (χ2n) is 5.96. The highest BCUT2D eigenvalue weighted by Crippen LogP contribution is 2.37. The predicted molar refractivity (Wildman–Crippen MR) is 90.5 cm³/mol. The van der Waals surface area contributed by atoms with Gasteiger partial charge in [-0.05, 0) is 13.0 Å². The van der Waals surface area contributed by atoms with E-state index in [1.54, 1.807) is 0 Å². The first-order valence-electron chi connectivity index (χ1n) is 7.79. The fourth-order valence-electron chi connectivity index (χ4n) is 3.41. The van der Waals surface area contributed by atoms with E-state index >= 15 is 0 Å². The fourth-order valence-corrected chi connectivity index (χ4v) is 4.83. The van der Waals surface area contributed by atoms with Crippen LogP contribution in [-0.2, 0) is 0 Å². The molecule has 120 valence electrons. The molecule has 1 saturated heterocycles. The van der Waals surface area contributed by atoms with Crippen molar-refractivity contribution >= 4 is 27.9 Å². The van der Waals surface area contributed by atoms with Gasteiger partial charge in [0, 0.05) is 18.4 Å². The molecule has 4 rings (SSSR count). The first-order valence-corrected chi connectivity index (χ1v) is 8.98. The minimum atomic E-state index is 0.0278. The molecule has 0 spiro atoms. The number of fused-ring (bicyclic) bond motifs is 1. The summed E-state index contributed by atoms with van der Waals surface area (Å²) in [5.74, 6) is 0.857. The third-order valence-corrected chi connectivity index (χ3v) is 5.87. The lowest BCUT2D eigenvalue weighted by Gasteiger charge is -2.24. The Morgan fingerprint density at radius 3 is 2.74 bits per heavy atom. The van der Waals surface area contributed by atoms with Crippen LogP contribution in [0, 0.1) is 6.92 Å². The van der Waals surface area contributed by atoms with Crippen molar-refractivity contribution in [1.82, 2.24) is 14.6 Å². The Kier molecular flexibility index (Phi) is 3.75. The maximum Gasteiger partial charge on any atom is 0.235 e. The second kappa shape index (κ2) is 5.78. The molecule has 0 radical (unpaired) electrons. The van der Waals surface area contributed by atoms with E-state index in [2.05, 4.69) is 16.1 Å². The Morgan fingerprint density at radius 1 is 1.30 bits per heavy atom. The Balaban J connectivity index is 1.88. The van der Waals surface area contributed by atoms with Gasteiger partial charge >= 0.3 is 0 Å². The maximum absolute atomic E-state index is 10.7. The Morgan fingerprint density at radius 2 is 2.04 bits per heavy atom. The van der Waals surface area contributed by atoms with Crippen molar-refractivity contribution in [3.63, 3.8) is 0 Å². The van der Waals surface area contributed by atoms with Gasteiger partial charge in [0.05, 0.1) is 18.1 Å². The number of nitrogens with zero attached hydrogens (tertiary/aromatic N) is 3. The number of rotatable bonds is 3. The van der Waals surface area contributed by atoms with Gasteiger partial charge in [-0.1, -0.05) is 41.1 Å². The molecule has 5 nitrogen and oxygen atoms in total. The van der Waals surface area contributed by atoms with Gasteiger partial charge in [-0.3, -0.25) is 0 Å². The number of aromatic hydroxyl groups is 1. The first kappa shape index (κ1) is 14.9. The van der Waals surface area contributed by atoms with Crippen molar-refractivity contribution in [3.8, 4) is 5.88 Å². The lowest BCUT2D eigenvalue weighted by Crippen LogP contribution is -3.10. The molecule has 0 bridgehead atoms. The Hall–Kier alpha value is -1.63. The molecule has 23 heavy (non-hydrogen) atoms. The van der Waals surface area contributed by atoms with Crippen LogP contribution in [0.2, 0.25) is 5.02 Å². The number of nitrogens with one attached hydrogen (secondary N) is 1. The molecule has 3 heterocycles. The molecule has 2 N–H and O–H groups in total. The molecule has 1 aliphatic rings. The van der Waals surface area contributed by atoms with Crippen LogP contribution in [-0.4, -0.2) is 32.8 Å². The van der Waals surface area contributed by atoms with Crippen molar-refractivity contribution in [3.05, 3.63) is 45.6 Å². The Labute approximate surface area is 143 Å². The van der Waals surface area contributed by atoms with Crippen LogP contribution >= 0.6 is 22.9 Å². The summed E-state index contributed by atoms with van der Waals surface area (Å²) in [5.41, 5.74) is 1.06. The van der Waals surface area contributed by atoms with Crippen molar-refractivity contribution in [2.24, 2.45) is 0 Å². The fraction of sp³-hybridized carbons (Fsp3) is 0.375. The monoisotopic (exact) mass is 349 g/mol. The third kappa shape index (κ3) is 2.51. The molecule has 0 unspecified atom stereocenters. The molecule has 0 amide bonds. The predicted octanol–water partition coefficient (Wildman–Crippen LogP) is 2.23. The largest absolute Gasteiger partial charge is 0.492 e. The van der Waals surface area contributed by atoms with Crippen LogP contribution in [0.3, 0.4) is 0 Å². The zero-order valence-electron chi connectivity index (χ0n) is 12.8. The van der Waals surface area contributed by atoms with Gasteiger partial charge < -0.3 is 10.0 Å². The van der Waals surface area contributed by atoms with E-state index in [0.29, 0.717) is 5.82 Å². The van der Waals surface area contributed by atoms with Gasteiger partial charge in [-0.2, -0.15) is 4.52 Å². The van der Waals surface area contributed by atoms with Crippen molar-refractivity contribution < 1.29 is 10.0 Å². The van der Waals surface area contributed by atoms with Gasteiger partial charge in [0.25, 0.3) is 0 Å². The topological polar surface area (TPSA) is 54.9 Å². The summed E-state index contributed by atoms with van der Waals surface area (Å²) in [7, 11) is 0. The highest BCUT2D eigenvalue weighted by Gasteiger charge is 2.35. The van der Waals surface area contributed by atoms with Crippen LogP contribution in [0.5, 0.6) is 5.88 Å². The van der Waals surface area contributed by atoms with E-state index in [9.17, 15) is 5.11 Å². The number of quaternary nitrogens is 1. The van der Waals surface area contributed by atoms with Crippen LogP contribution < -0.4 is 4.90 Å². The molecule has 0 aliphatic carbocycles. The molecular formula is C16H18ClN4OS+. The highest BCUT2D eigenvalue weighted by atomic mass is 35.5. The zero-order valence-corrected chi connectivity index (χ0v) is 14.4. The van der Waals surface area contributed by atoms with Gasteiger partial charge in [0.2, 0.25) is 10.8 Å². The summed E-state index contributed by atoms with van der Waals surface area (Å²) in [5, 5.41) is 15.7. The van der Waals surface area contributed by atoms with Crippen LogP contribution in [0.15, 0.2) is 24.3 Å². The molecule has 3 aromatic rings. The number of aromatic nitrogens is 3. The third-order valence-electron chi connectivity index (χ3n) is 4.44. The summed E-state index contributed by atoms with van der Waals surface area (Å²) < 4.78 is 1.54. The summed E-state index contributed by atoms with van der Waals surface area (Å²) in [6.45, 7) is 4.00. The van der Waals surface area contributed by atoms with Gasteiger partial charge in [0.15, 0.2) is 6.04 Å². The zero-order chi connectivity index (χ0) is 16.0. The standard InChI is InChI=1S/C16H17ClN4OS/c1-10-18-16-21(19-10)15(22)14(23-16)13(20-8-4-5-9-20)11-6-2-3-7-12(11)17/h2-3,6-7,13,22H,4-5,8-9H2,1H3/p+1/t13-/m0/s1. The number of halogens is 1. The molecule has 2 aromatic heterocycles. The van der Waals surface area contributed by atoms with Crippen LogP contribution in [0.1, 0.15) is 35.1 Å². The van der Waals surface area contributed by atoms with Crippen LogP contribution in [0.4, 0.5) is 0 Å². The number of likely N-dealkylation sites (tertiary alicyclic amines) is 1. The molecule has 1 fully saturated rings. The molecule has 1 aromatic carbocycles. The normalized spacial score (nSPS) is 17.1.